The highest BCUT2D eigenvalue weighted by atomic mass is 32.3. The summed E-state index contributed by atoms with van der Waals surface area (Å²) in [6.45, 7) is -0.0394. The van der Waals surface area contributed by atoms with Crippen LogP contribution in [0, 0.1) is 0 Å². The average molecular weight is 314 g/mol. The van der Waals surface area contributed by atoms with Crippen molar-refractivity contribution in [1.29, 1.82) is 0 Å². The quantitative estimate of drug-likeness (QED) is 0.771. The van der Waals surface area contributed by atoms with Crippen molar-refractivity contribution in [2.75, 3.05) is 6.54 Å². The van der Waals surface area contributed by atoms with Gasteiger partial charge in [-0.2, -0.15) is 13.5 Å². The fourth-order valence-corrected chi connectivity index (χ4v) is 3.09. The lowest BCUT2D eigenvalue weighted by Crippen LogP contribution is -2.38. The van der Waals surface area contributed by atoms with Crippen molar-refractivity contribution in [2.45, 2.75) is 12.1 Å². The maximum atomic E-state index is 12.1. The van der Waals surface area contributed by atoms with Crippen molar-refractivity contribution in [3.05, 3.63) is 35.4 Å². The maximum Gasteiger partial charge on any atom is 0.418 e. The van der Waals surface area contributed by atoms with Crippen LogP contribution in [0.2, 0.25) is 0 Å². The smallest absolute Gasteiger partial charge is 0.418 e. The Bertz CT molecular complexity index is 732. The summed E-state index contributed by atoms with van der Waals surface area (Å²) < 4.78 is 34.8. The second-order valence-electron chi connectivity index (χ2n) is 4.65. The van der Waals surface area contributed by atoms with Gasteiger partial charge in [-0.25, -0.2) is 9.59 Å². The molecule has 2 amide bonds. The monoisotopic (exact) mass is 314 g/mol. The molecule has 1 saturated heterocycles. The van der Waals surface area contributed by atoms with Crippen molar-refractivity contribution in [3.63, 3.8) is 0 Å². The molecule has 1 aromatic rings. The lowest BCUT2D eigenvalue weighted by molar-refractivity contribution is -0.142. The van der Waals surface area contributed by atoms with E-state index in [0.29, 0.717) is 16.2 Å². The van der Waals surface area contributed by atoms with E-state index in [2.05, 4.69) is 4.28 Å². The van der Waals surface area contributed by atoms with E-state index < -0.39 is 34.5 Å². The number of amides is 2. The Kier molecular flexibility index (Phi) is 2.90. The van der Waals surface area contributed by atoms with Crippen molar-refractivity contribution in [1.82, 2.24) is 9.96 Å². The van der Waals surface area contributed by atoms with Crippen LogP contribution in [0.5, 0.6) is 0 Å². The van der Waals surface area contributed by atoms with E-state index in [0.717, 1.165) is 4.90 Å². The molecule has 0 aromatic heterocycles. The maximum absolute atomic E-state index is 12.1. The number of carboxylic acids is 1. The zero-order chi connectivity index (χ0) is 15.4. The second-order valence-corrected chi connectivity index (χ2v) is 5.65. The number of nitrogens with zero attached hydrogens (tertiary/aromatic N) is 2. The second kappa shape index (κ2) is 4.41. The summed E-state index contributed by atoms with van der Waals surface area (Å²) in [7, 11) is -4.89. The minimum atomic E-state index is -4.89. The molecule has 1 fully saturated rings. The summed E-state index contributed by atoms with van der Waals surface area (Å²) in [6.07, 6.45) is 0. The Hall–Kier alpha value is -2.17. The molecule has 2 bridgehead atoms. The number of hydroxylamine groups is 2. The van der Waals surface area contributed by atoms with Gasteiger partial charge in [-0.1, -0.05) is 24.3 Å². The number of carbonyl (C=O) groups excluding carboxylic acids is 1. The molecule has 2 N–H and O–H groups in total. The van der Waals surface area contributed by atoms with Crippen LogP contribution in [-0.4, -0.2) is 46.6 Å². The fraction of sp³-hybridized carbons (Fsp3) is 0.273. The third-order valence-corrected chi connectivity index (χ3v) is 3.81. The van der Waals surface area contributed by atoms with E-state index in [1.807, 2.05) is 0 Å². The van der Waals surface area contributed by atoms with Crippen LogP contribution in [0.1, 0.15) is 23.2 Å². The van der Waals surface area contributed by atoms with Gasteiger partial charge in [0.1, 0.15) is 6.04 Å². The first-order valence-electron chi connectivity index (χ1n) is 5.88. The number of aliphatic carboxylic acids is 1. The number of hydrogen-bond donors (Lipinski definition) is 2. The SMILES string of the molecule is O=C(O)C1c2ccccc2[C@@H]2CN1C(=O)N2OS(=O)(=O)O. The molecule has 0 spiro atoms. The fourth-order valence-electron chi connectivity index (χ4n) is 2.72. The van der Waals surface area contributed by atoms with Gasteiger partial charge in [0, 0.05) is 0 Å². The Morgan fingerprint density at radius 2 is 1.90 bits per heavy atom. The third kappa shape index (κ3) is 2.13. The van der Waals surface area contributed by atoms with E-state index in [4.69, 9.17) is 4.55 Å². The number of fused-ring (bicyclic) bond motifs is 4. The lowest BCUT2D eigenvalue weighted by atomic mass is 9.91. The topological polar surface area (TPSA) is 124 Å². The first-order valence-corrected chi connectivity index (χ1v) is 7.24. The summed E-state index contributed by atoms with van der Waals surface area (Å²) in [6, 6.07) is 3.46. The van der Waals surface area contributed by atoms with E-state index >= 15 is 0 Å². The molecule has 1 aromatic carbocycles. The summed E-state index contributed by atoms with van der Waals surface area (Å²) in [5.41, 5.74) is 0.853. The highest BCUT2D eigenvalue weighted by Crippen LogP contribution is 2.43. The minimum absolute atomic E-state index is 0.0394. The Balaban J connectivity index is 2.11. The van der Waals surface area contributed by atoms with Crippen LogP contribution >= 0.6 is 0 Å². The van der Waals surface area contributed by atoms with Crippen LogP contribution < -0.4 is 0 Å². The van der Waals surface area contributed by atoms with Gasteiger partial charge < -0.3 is 10.0 Å². The molecule has 0 saturated carbocycles. The predicted octanol–water partition coefficient (Wildman–Crippen LogP) is 0.339. The number of urea groups is 1. The van der Waals surface area contributed by atoms with Crippen LogP contribution in [-0.2, 0) is 19.5 Å². The van der Waals surface area contributed by atoms with Gasteiger partial charge in [0.05, 0.1) is 6.54 Å². The van der Waals surface area contributed by atoms with Gasteiger partial charge in [0.15, 0.2) is 6.04 Å². The number of carboxylic acid groups (broad SMARTS) is 1. The van der Waals surface area contributed by atoms with Crippen LogP contribution in [0.15, 0.2) is 24.3 Å². The Morgan fingerprint density at radius 1 is 1.29 bits per heavy atom. The first kappa shape index (κ1) is 13.8. The van der Waals surface area contributed by atoms with Crippen molar-refractivity contribution < 1.29 is 31.9 Å². The summed E-state index contributed by atoms with van der Waals surface area (Å²) in [5, 5.41) is 9.80. The van der Waals surface area contributed by atoms with Crippen LogP contribution in [0.25, 0.3) is 0 Å². The molecule has 2 aliphatic rings. The van der Waals surface area contributed by atoms with Gasteiger partial charge in [0.25, 0.3) is 0 Å². The molecule has 112 valence electrons. The molecule has 2 atom stereocenters. The predicted molar refractivity (Wildman–Crippen MR) is 66.1 cm³/mol. The molecule has 1 unspecified atom stereocenters. The van der Waals surface area contributed by atoms with Gasteiger partial charge >= 0.3 is 22.4 Å². The van der Waals surface area contributed by atoms with Crippen LogP contribution in [0.4, 0.5) is 4.79 Å². The lowest BCUT2D eigenvalue weighted by Gasteiger charge is -2.29. The Morgan fingerprint density at radius 3 is 2.48 bits per heavy atom. The molecule has 2 heterocycles. The average Bonchev–Trinajstić information content (AvgIpc) is 2.64. The zero-order valence-corrected chi connectivity index (χ0v) is 11.2. The molecular formula is C11H10N2O7S. The summed E-state index contributed by atoms with van der Waals surface area (Å²) in [5.74, 6) is -1.23. The molecule has 3 rings (SSSR count). The highest BCUT2D eigenvalue weighted by Gasteiger charge is 2.52. The van der Waals surface area contributed by atoms with Crippen molar-refractivity contribution in [3.8, 4) is 0 Å². The van der Waals surface area contributed by atoms with Gasteiger partial charge in [-0.05, 0) is 11.1 Å². The largest absolute Gasteiger partial charge is 0.479 e. The standard InChI is InChI=1S/C11H10N2O7S/c14-10(15)9-7-4-2-1-3-6(7)8-5-12(9)11(16)13(8)20-21(17,18)19/h1-4,8-9H,5H2,(H,14,15)(H,17,18,19)/t8-,9?/m0/s1. The van der Waals surface area contributed by atoms with E-state index in [1.165, 1.54) is 0 Å². The molecule has 0 radical (unpaired) electrons. The molecule has 10 heteroatoms. The molecule has 0 aliphatic carbocycles. The number of carbonyl (C=O) groups is 2. The van der Waals surface area contributed by atoms with Crippen LogP contribution in [0.3, 0.4) is 0 Å². The third-order valence-electron chi connectivity index (χ3n) is 3.46. The summed E-state index contributed by atoms with van der Waals surface area (Å²) in [4.78, 5) is 24.5. The summed E-state index contributed by atoms with van der Waals surface area (Å²) >= 11 is 0. The van der Waals surface area contributed by atoms with E-state index in [9.17, 15) is 23.1 Å². The number of benzene rings is 1. The highest BCUT2D eigenvalue weighted by molar-refractivity contribution is 7.80. The zero-order valence-electron chi connectivity index (χ0n) is 10.4. The van der Waals surface area contributed by atoms with Crippen molar-refractivity contribution >= 4 is 22.4 Å². The van der Waals surface area contributed by atoms with Gasteiger partial charge in [-0.15, -0.1) is 4.28 Å². The minimum Gasteiger partial charge on any atom is -0.479 e. The number of rotatable bonds is 3. The molecule has 9 nitrogen and oxygen atoms in total. The normalized spacial score (nSPS) is 24.1. The molecule has 21 heavy (non-hydrogen) atoms. The molecule has 2 aliphatic heterocycles. The Labute approximate surface area is 119 Å². The molecular weight excluding hydrogens is 304 g/mol. The van der Waals surface area contributed by atoms with Crippen molar-refractivity contribution in [2.24, 2.45) is 0 Å². The number of hydrogen-bond acceptors (Lipinski definition) is 5. The van der Waals surface area contributed by atoms with Gasteiger partial charge in [-0.3, -0.25) is 4.55 Å². The first-order chi connectivity index (χ1) is 9.79. The van der Waals surface area contributed by atoms with Gasteiger partial charge in [0.2, 0.25) is 0 Å². The van der Waals surface area contributed by atoms with E-state index in [1.54, 1.807) is 24.3 Å². The van der Waals surface area contributed by atoms with E-state index in [-0.39, 0.29) is 6.54 Å².